The second kappa shape index (κ2) is 7.95. The van der Waals surface area contributed by atoms with E-state index in [0.29, 0.717) is 18.8 Å². The largest absolute Gasteiger partial charge is 0.355 e. The monoisotopic (exact) mass is 430 g/mol. The predicted octanol–water partition coefficient (Wildman–Crippen LogP) is -0.00680. The van der Waals surface area contributed by atoms with Crippen LogP contribution in [0.15, 0.2) is 44.8 Å². The summed E-state index contributed by atoms with van der Waals surface area (Å²) in [6, 6.07) is 5.98. The molecule has 11 heteroatoms. The SMILES string of the molecule is CC(=O)NCCNC1(Nc2ccc(S(N)(=O)=O)cc2)N=CC(Br)=CN1. The number of rotatable bonds is 7. The summed E-state index contributed by atoms with van der Waals surface area (Å²) in [5, 5.41) is 17.2. The van der Waals surface area contributed by atoms with Gasteiger partial charge in [-0.2, -0.15) is 0 Å². The van der Waals surface area contributed by atoms with Crippen LogP contribution in [0.3, 0.4) is 0 Å². The molecular weight excluding hydrogens is 412 g/mol. The van der Waals surface area contributed by atoms with Crippen LogP contribution >= 0.6 is 15.9 Å². The molecule has 0 spiro atoms. The number of carbonyl (C=O) groups excluding carboxylic acids is 1. The van der Waals surface area contributed by atoms with Crippen molar-refractivity contribution in [2.24, 2.45) is 10.1 Å². The highest BCUT2D eigenvalue weighted by molar-refractivity contribution is 9.12. The van der Waals surface area contributed by atoms with Gasteiger partial charge in [-0.15, -0.1) is 0 Å². The van der Waals surface area contributed by atoms with E-state index in [0.717, 1.165) is 4.48 Å². The summed E-state index contributed by atoms with van der Waals surface area (Å²) in [6.07, 6.45) is 3.33. The van der Waals surface area contributed by atoms with Crippen LogP contribution < -0.4 is 26.4 Å². The van der Waals surface area contributed by atoms with Gasteiger partial charge < -0.3 is 16.0 Å². The summed E-state index contributed by atoms with van der Waals surface area (Å²) >= 11 is 3.31. The number of hydrogen-bond donors (Lipinski definition) is 5. The highest BCUT2D eigenvalue weighted by Gasteiger charge is 2.28. The lowest BCUT2D eigenvalue weighted by atomic mass is 10.3. The zero-order valence-corrected chi connectivity index (χ0v) is 15.8. The van der Waals surface area contributed by atoms with Gasteiger partial charge in [0.2, 0.25) is 15.9 Å². The minimum Gasteiger partial charge on any atom is -0.355 e. The molecule has 0 aliphatic carbocycles. The number of allylic oxidation sites excluding steroid dienone is 1. The van der Waals surface area contributed by atoms with Crippen molar-refractivity contribution in [2.45, 2.75) is 17.7 Å². The fourth-order valence-corrected chi connectivity index (χ4v) is 2.77. The summed E-state index contributed by atoms with van der Waals surface area (Å²) in [4.78, 5) is 15.4. The topological polar surface area (TPSA) is 138 Å². The van der Waals surface area contributed by atoms with E-state index in [1.807, 2.05) is 0 Å². The van der Waals surface area contributed by atoms with E-state index in [2.05, 4.69) is 42.2 Å². The maximum Gasteiger partial charge on any atom is 0.266 e. The number of primary sulfonamides is 1. The molecule has 25 heavy (non-hydrogen) atoms. The second-order valence-corrected chi connectivity index (χ2v) is 7.72. The van der Waals surface area contributed by atoms with E-state index in [9.17, 15) is 13.2 Å². The molecule has 0 saturated heterocycles. The van der Waals surface area contributed by atoms with E-state index in [1.54, 1.807) is 24.5 Å². The van der Waals surface area contributed by atoms with Gasteiger partial charge in [-0.05, 0) is 40.2 Å². The van der Waals surface area contributed by atoms with Gasteiger partial charge in [0, 0.05) is 38.1 Å². The molecule has 0 aromatic heterocycles. The zero-order valence-electron chi connectivity index (χ0n) is 13.4. The first-order chi connectivity index (χ1) is 11.7. The molecule has 1 heterocycles. The minimum absolute atomic E-state index is 0.0217. The number of benzene rings is 1. The molecule has 1 amide bonds. The van der Waals surface area contributed by atoms with Crippen molar-refractivity contribution in [1.29, 1.82) is 0 Å². The standard InChI is InChI=1S/C14H19BrN6O3S/c1-10(22)17-6-7-18-14(19-8-11(15)9-20-14)21-12-2-4-13(5-3-12)25(16,23)24/h2-5,8-9,18-19,21H,6-7H2,1H3,(H,17,22)(H2,16,23,24). The van der Waals surface area contributed by atoms with Crippen LogP contribution in [0, 0.1) is 0 Å². The minimum atomic E-state index is -3.75. The van der Waals surface area contributed by atoms with Gasteiger partial charge in [-0.1, -0.05) is 0 Å². The molecular formula is C14H19BrN6O3S. The van der Waals surface area contributed by atoms with Crippen LogP contribution in [-0.4, -0.2) is 39.5 Å². The molecule has 136 valence electrons. The van der Waals surface area contributed by atoms with E-state index in [1.165, 1.54) is 19.1 Å². The Kier molecular flexibility index (Phi) is 6.16. The van der Waals surface area contributed by atoms with Gasteiger partial charge in [-0.3, -0.25) is 10.1 Å². The highest BCUT2D eigenvalue weighted by atomic mass is 79.9. The van der Waals surface area contributed by atoms with E-state index in [4.69, 9.17) is 5.14 Å². The van der Waals surface area contributed by atoms with Gasteiger partial charge in [-0.25, -0.2) is 18.5 Å². The van der Waals surface area contributed by atoms with Crippen molar-refractivity contribution < 1.29 is 13.2 Å². The number of anilines is 1. The summed E-state index contributed by atoms with van der Waals surface area (Å²) in [5.74, 6) is -1.16. The molecule has 9 nitrogen and oxygen atoms in total. The second-order valence-electron chi connectivity index (χ2n) is 5.25. The van der Waals surface area contributed by atoms with Gasteiger partial charge in [0.15, 0.2) is 0 Å². The zero-order chi connectivity index (χ0) is 18.5. The van der Waals surface area contributed by atoms with Crippen molar-refractivity contribution in [3.8, 4) is 0 Å². The van der Waals surface area contributed by atoms with Crippen LogP contribution in [0.25, 0.3) is 0 Å². The molecule has 0 saturated carbocycles. The predicted molar refractivity (Wildman–Crippen MR) is 99.5 cm³/mol. The number of aliphatic imine (C=N–C) groups is 1. The van der Waals surface area contributed by atoms with Crippen molar-refractivity contribution >= 4 is 43.8 Å². The highest BCUT2D eigenvalue weighted by Crippen LogP contribution is 2.18. The fourth-order valence-electron chi connectivity index (χ4n) is 2.03. The number of hydrogen-bond acceptors (Lipinski definition) is 7. The molecule has 1 atom stereocenters. The smallest absolute Gasteiger partial charge is 0.266 e. The molecule has 1 aromatic rings. The molecule has 2 rings (SSSR count). The quantitative estimate of drug-likeness (QED) is 0.304. The van der Waals surface area contributed by atoms with Crippen molar-refractivity contribution in [1.82, 2.24) is 16.0 Å². The number of nitrogens with two attached hydrogens (primary N) is 1. The molecule has 1 aliphatic rings. The summed E-state index contributed by atoms with van der Waals surface area (Å²) in [6.45, 7) is 2.31. The lowest BCUT2D eigenvalue weighted by Crippen LogP contribution is -2.61. The number of carbonyl (C=O) groups is 1. The van der Waals surface area contributed by atoms with Crippen LogP contribution in [0.4, 0.5) is 5.69 Å². The number of nitrogens with one attached hydrogen (secondary N) is 4. The van der Waals surface area contributed by atoms with Crippen LogP contribution in [0.2, 0.25) is 0 Å². The lowest BCUT2D eigenvalue weighted by Gasteiger charge is -2.34. The normalized spacial score (nSPS) is 19.7. The van der Waals surface area contributed by atoms with Gasteiger partial charge in [0.25, 0.3) is 5.91 Å². The summed E-state index contributed by atoms with van der Waals surface area (Å²) in [5.41, 5.74) is 0.621. The Morgan fingerprint density at radius 3 is 2.52 bits per heavy atom. The lowest BCUT2D eigenvalue weighted by molar-refractivity contribution is -0.118. The number of sulfonamides is 1. The first-order valence-electron chi connectivity index (χ1n) is 7.29. The first-order valence-corrected chi connectivity index (χ1v) is 9.63. The third-order valence-electron chi connectivity index (χ3n) is 3.19. The van der Waals surface area contributed by atoms with E-state index in [-0.39, 0.29) is 10.8 Å². The van der Waals surface area contributed by atoms with E-state index >= 15 is 0 Å². The Morgan fingerprint density at radius 1 is 1.32 bits per heavy atom. The fraction of sp³-hybridized carbons (Fsp3) is 0.286. The van der Waals surface area contributed by atoms with Crippen LogP contribution in [-0.2, 0) is 14.8 Å². The molecule has 0 fully saturated rings. The number of amides is 1. The van der Waals surface area contributed by atoms with Crippen molar-refractivity contribution in [3.63, 3.8) is 0 Å². The molecule has 0 bridgehead atoms. The van der Waals surface area contributed by atoms with Gasteiger partial charge >= 0.3 is 0 Å². The third kappa shape index (κ3) is 5.81. The van der Waals surface area contributed by atoms with Crippen molar-refractivity contribution in [2.75, 3.05) is 18.4 Å². The number of halogens is 1. The van der Waals surface area contributed by atoms with Gasteiger partial charge in [0.1, 0.15) is 0 Å². The van der Waals surface area contributed by atoms with Crippen LogP contribution in [0.5, 0.6) is 0 Å². The molecule has 1 aromatic carbocycles. The molecule has 6 N–H and O–H groups in total. The number of nitrogens with zero attached hydrogens (tertiary/aromatic N) is 1. The average molecular weight is 431 g/mol. The average Bonchev–Trinajstić information content (AvgIpc) is 2.54. The summed E-state index contributed by atoms with van der Waals surface area (Å²) < 4.78 is 23.4. The van der Waals surface area contributed by atoms with Crippen molar-refractivity contribution in [3.05, 3.63) is 34.9 Å². The maximum atomic E-state index is 11.3. The Labute approximate surface area is 154 Å². The Hall–Kier alpha value is -1.95. The molecule has 1 aliphatic heterocycles. The Balaban J connectivity index is 2.11. The maximum absolute atomic E-state index is 11.3. The Bertz CT molecular complexity index is 793. The molecule has 0 radical (unpaired) electrons. The van der Waals surface area contributed by atoms with Gasteiger partial charge in [0.05, 0.1) is 9.38 Å². The summed E-state index contributed by atoms with van der Waals surface area (Å²) in [7, 11) is -3.75. The van der Waals surface area contributed by atoms with Crippen LogP contribution in [0.1, 0.15) is 6.92 Å². The van der Waals surface area contributed by atoms with E-state index < -0.39 is 15.9 Å². The first kappa shape index (κ1) is 19.4. The Morgan fingerprint density at radius 2 is 2.00 bits per heavy atom. The third-order valence-corrected chi connectivity index (χ3v) is 4.55. The molecule has 1 unspecified atom stereocenters.